The first-order chi connectivity index (χ1) is 4.70. The van der Waals surface area contributed by atoms with Gasteiger partial charge < -0.3 is 15.9 Å². The summed E-state index contributed by atoms with van der Waals surface area (Å²) in [4.78, 5) is 3.20. The number of aliphatic hydroxyl groups excluding tert-OH is 2. The normalized spacial score (nSPS) is 16.5. The minimum Gasteiger partial charge on any atom is -0.390 e. The van der Waals surface area contributed by atoms with Crippen molar-refractivity contribution in [3.63, 3.8) is 0 Å². The van der Waals surface area contributed by atoms with Crippen LogP contribution >= 0.6 is 0 Å². The van der Waals surface area contributed by atoms with Crippen molar-refractivity contribution in [2.24, 2.45) is 10.7 Å². The van der Waals surface area contributed by atoms with Crippen molar-refractivity contribution in [3.8, 4) is 6.07 Å². The molecule has 56 valence electrons. The molecule has 0 amide bonds. The van der Waals surface area contributed by atoms with Gasteiger partial charge in [-0.15, -0.1) is 0 Å². The number of rotatable bonds is 3. The first-order valence-corrected chi connectivity index (χ1v) is 2.46. The summed E-state index contributed by atoms with van der Waals surface area (Å²) in [7, 11) is 0. The summed E-state index contributed by atoms with van der Waals surface area (Å²) in [5.41, 5.74) is 4.79. The zero-order valence-electron chi connectivity index (χ0n) is 5.10. The summed E-state index contributed by atoms with van der Waals surface area (Å²) in [6.45, 7) is 0. The van der Waals surface area contributed by atoms with E-state index in [1.165, 1.54) is 6.07 Å². The average Bonchev–Trinajstić information content (AvgIpc) is 1.88. The highest BCUT2D eigenvalue weighted by atomic mass is 16.3. The Morgan fingerprint density at radius 2 is 2.30 bits per heavy atom. The molecular formula is C4H8N4O2. The summed E-state index contributed by atoms with van der Waals surface area (Å²) in [5.74, 6) is 0. The molecule has 0 bridgehead atoms. The number of hydrogen-bond acceptors (Lipinski definition) is 5. The third-order valence-electron chi connectivity index (χ3n) is 0.656. The number of aliphatic imine (C=N–C) groups is 1. The van der Waals surface area contributed by atoms with Gasteiger partial charge in [0.1, 0.15) is 6.07 Å². The molecule has 0 aromatic heterocycles. The van der Waals surface area contributed by atoms with Crippen LogP contribution in [0, 0.1) is 11.3 Å². The topological polar surface area (TPSA) is 115 Å². The predicted molar refractivity (Wildman–Crippen MR) is 33.4 cm³/mol. The highest BCUT2D eigenvalue weighted by Crippen LogP contribution is 1.79. The van der Waals surface area contributed by atoms with Gasteiger partial charge in [-0.05, 0) is 0 Å². The van der Waals surface area contributed by atoms with Gasteiger partial charge in [-0.1, -0.05) is 0 Å². The van der Waals surface area contributed by atoms with Gasteiger partial charge in [0, 0.05) is 0 Å². The maximum atomic E-state index is 8.65. The van der Waals surface area contributed by atoms with Gasteiger partial charge in [0.05, 0.1) is 6.34 Å². The maximum absolute atomic E-state index is 8.65. The van der Waals surface area contributed by atoms with E-state index < -0.39 is 12.6 Å². The second-order valence-corrected chi connectivity index (χ2v) is 1.37. The smallest absolute Gasteiger partial charge is 0.206 e. The average molecular weight is 144 g/mol. The van der Waals surface area contributed by atoms with Gasteiger partial charge in [0.25, 0.3) is 0 Å². The van der Waals surface area contributed by atoms with Crippen LogP contribution in [0.2, 0.25) is 0 Å². The first kappa shape index (κ1) is 8.84. The fourth-order valence-electron chi connectivity index (χ4n) is 0.303. The molecule has 6 heteroatoms. The molecular weight excluding hydrogens is 136 g/mol. The Balaban J connectivity index is 3.59. The molecule has 0 saturated carbocycles. The van der Waals surface area contributed by atoms with Crippen LogP contribution in [-0.2, 0) is 0 Å². The molecule has 10 heavy (non-hydrogen) atoms. The molecule has 0 aliphatic heterocycles. The van der Waals surface area contributed by atoms with Crippen molar-refractivity contribution >= 4 is 6.34 Å². The molecule has 2 atom stereocenters. The molecule has 0 heterocycles. The van der Waals surface area contributed by atoms with E-state index in [-0.39, 0.29) is 0 Å². The number of nitrogens with two attached hydrogens (primary N) is 1. The molecule has 0 rings (SSSR count). The highest BCUT2D eigenvalue weighted by Gasteiger charge is 2.04. The third-order valence-corrected chi connectivity index (χ3v) is 0.656. The quantitative estimate of drug-likeness (QED) is 0.154. The Labute approximate surface area is 57.6 Å². The van der Waals surface area contributed by atoms with E-state index in [2.05, 4.69) is 4.99 Å². The second-order valence-electron chi connectivity index (χ2n) is 1.37. The second kappa shape index (κ2) is 4.69. The highest BCUT2D eigenvalue weighted by molar-refractivity contribution is 5.51. The largest absolute Gasteiger partial charge is 0.390 e. The monoisotopic (exact) mass is 144 g/mol. The lowest BCUT2D eigenvalue weighted by molar-refractivity contribution is 0.0758. The van der Waals surface area contributed by atoms with E-state index in [0.29, 0.717) is 0 Å². The summed E-state index contributed by atoms with van der Waals surface area (Å²) in [6.07, 6.45) is -1.90. The van der Waals surface area contributed by atoms with E-state index in [1.807, 2.05) is 5.32 Å². The Morgan fingerprint density at radius 3 is 2.70 bits per heavy atom. The molecule has 0 aliphatic rings. The summed E-state index contributed by atoms with van der Waals surface area (Å²) >= 11 is 0. The van der Waals surface area contributed by atoms with E-state index in [9.17, 15) is 0 Å². The number of nitriles is 1. The van der Waals surface area contributed by atoms with Crippen LogP contribution in [0.3, 0.4) is 0 Å². The minimum atomic E-state index is -1.43. The van der Waals surface area contributed by atoms with Crippen molar-refractivity contribution < 1.29 is 10.2 Å². The fourth-order valence-corrected chi connectivity index (χ4v) is 0.303. The number of nitrogens with zero attached hydrogens (tertiary/aromatic N) is 2. The Hall–Kier alpha value is -1.16. The Bertz CT molecular complexity index is 152. The van der Waals surface area contributed by atoms with Crippen molar-refractivity contribution in [1.29, 1.82) is 5.26 Å². The summed E-state index contributed by atoms with van der Waals surface area (Å²) in [6, 6.07) is 1.42. The number of hydrogen-bond donors (Lipinski definition) is 4. The zero-order chi connectivity index (χ0) is 7.98. The van der Waals surface area contributed by atoms with E-state index in [1.54, 1.807) is 0 Å². The lowest BCUT2D eigenvalue weighted by atomic mass is 10.6. The number of aliphatic hydroxyl groups is 2. The molecule has 0 spiro atoms. The van der Waals surface area contributed by atoms with Gasteiger partial charge in [-0.25, -0.2) is 10.3 Å². The van der Waals surface area contributed by atoms with Gasteiger partial charge in [-0.2, -0.15) is 5.26 Å². The molecule has 6 nitrogen and oxygen atoms in total. The van der Waals surface area contributed by atoms with Crippen molar-refractivity contribution in [2.45, 2.75) is 12.6 Å². The lowest BCUT2D eigenvalue weighted by Gasteiger charge is -2.06. The zero-order valence-corrected chi connectivity index (χ0v) is 5.10. The maximum Gasteiger partial charge on any atom is 0.206 e. The van der Waals surface area contributed by atoms with Crippen molar-refractivity contribution in [3.05, 3.63) is 0 Å². The van der Waals surface area contributed by atoms with Gasteiger partial charge in [0.15, 0.2) is 6.23 Å². The van der Waals surface area contributed by atoms with Crippen LogP contribution in [0.25, 0.3) is 0 Å². The van der Waals surface area contributed by atoms with Crippen LogP contribution in [0.4, 0.5) is 0 Å². The fraction of sp³-hybridized carbons (Fsp3) is 0.500. The molecule has 0 aromatic carbocycles. The van der Waals surface area contributed by atoms with Gasteiger partial charge in [0.2, 0.25) is 6.35 Å². The molecule has 2 unspecified atom stereocenters. The molecule has 0 saturated heterocycles. The summed E-state index contributed by atoms with van der Waals surface area (Å²) in [5, 5.41) is 27.2. The van der Waals surface area contributed by atoms with Crippen LogP contribution in [0.1, 0.15) is 0 Å². The van der Waals surface area contributed by atoms with Crippen molar-refractivity contribution in [1.82, 2.24) is 5.32 Å². The minimum absolute atomic E-state index is 0.863. The van der Waals surface area contributed by atoms with Gasteiger partial charge >= 0.3 is 0 Å². The lowest BCUT2D eigenvalue weighted by Crippen LogP contribution is -2.36. The van der Waals surface area contributed by atoms with Crippen LogP contribution < -0.4 is 11.1 Å². The Kier molecular flexibility index (Phi) is 4.15. The van der Waals surface area contributed by atoms with Crippen molar-refractivity contribution in [2.75, 3.05) is 0 Å². The van der Waals surface area contributed by atoms with E-state index >= 15 is 0 Å². The van der Waals surface area contributed by atoms with E-state index in [0.717, 1.165) is 6.34 Å². The predicted octanol–water partition coefficient (Wildman–Crippen LogP) is -2.32. The van der Waals surface area contributed by atoms with Crippen LogP contribution in [0.15, 0.2) is 4.99 Å². The van der Waals surface area contributed by atoms with Crippen LogP contribution in [0.5, 0.6) is 0 Å². The molecule has 0 radical (unpaired) electrons. The SMILES string of the molecule is N#CC(O)NC(O)/N=C/N. The molecule has 0 aliphatic carbocycles. The molecule has 0 aromatic rings. The van der Waals surface area contributed by atoms with Crippen LogP contribution in [-0.4, -0.2) is 29.1 Å². The molecule has 5 N–H and O–H groups in total. The third kappa shape index (κ3) is 3.80. The molecule has 0 fully saturated rings. The Morgan fingerprint density at radius 1 is 1.70 bits per heavy atom. The van der Waals surface area contributed by atoms with E-state index in [4.69, 9.17) is 21.2 Å². The summed E-state index contributed by atoms with van der Waals surface area (Å²) < 4.78 is 0. The standard InChI is InChI=1S/C4H8N4O2/c5-1-3(9)8-4(10)7-2-6/h2-4,8-10H,(H2,6,7). The number of nitrogens with one attached hydrogen (secondary N) is 1. The van der Waals surface area contributed by atoms with Gasteiger partial charge in [-0.3, -0.25) is 0 Å². The first-order valence-electron chi connectivity index (χ1n) is 2.46.